The number of fused-ring (bicyclic) bond motifs is 1. The number of thiophene rings is 1. The fourth-order valence-corrected chi connectivity index (χ4v) is 3.43. The van der Waals surface area contributed by atoms with Crippen LogP contribution in [0.1, 0.15) is 16.3 Å². The van der Waals surface area contributed by atoms with Crippen molar-refractivity contribution in [2.24, 2.45) is 0 Å². The summed E-state index contributed by atoms with van der Waals surface area (Å²) < 4.78 is 78.2. The maximum absolute atomic E-state index is 12.5. The molecular weight excluding hydrogens is 390 g/mol. The zero-order chi connectivity index (χ0) is 19.1. The average molecular weight is 400 g/mol. The van der Waals surface area contributed by atoms with Crippen LogP contribution >= 0.6 is 11.3 Å². The van der Waals surface area contributed by atoms with E-state index in [1.807, 2.05) is 0 Å². The third-order valence-electron chi connectivity index (χ3n) is 3.48. The lowest BCUT2D eigenvalue weighted by atomic mass is 10.1. The van der Waals surface area contributed by atoms with Gasteiger partial charge in [0, 0.05) is 18.0 Å². The molecule has 2 amide bonds. The van der Waals surface area contributed by atoms with Crippen LogP contribution in [0.3, 0.4) is 0 Å². The lowest BCUT2D eigenvalue weighted by Gasteiger charge is -2.27. The maximum Gasteiger partial charge on any atom is 0.471 e. The predicted octanol–water partition coefficient (Wildman–Crippen LogP) is 3.45. The molecule has 0 saturated carbocycles. The van der Waals surface area contributed by atoms with Crippen LogP contribution in [0.2, 0.25) is 0 Å². The van der Waals surface area contributed by atoms with E-state index in [-0.39, 0.29) is 18.9 Å². The first kappa shape index (κ1) is 18.5. The largest absolute Gasteiger partial charge is 0.471 e. The van der Waals surface area contributed by atoms with Crippen molar-refractivity contribution in [1.29, 1.82) is 0 Å². The summed E-state index contributed by atoms with van der Waals surface area (Å²) in [5, 5.41) is 5.08. The van der Waals surface area contributed by atoms with Crippen LogP contribution in [-0.2, 0) is 19.1 Å². The molecule has 6 nitrogen and oxygen atoms in total. The smallest absolute Gasteiger partial charge is 0.329 e. The number of carbonyl (C=O) groups excluding carboxylic acids is 1. The molecule has 3 rings (SSSR count). The quantitative estimate of drug-likeness (QED) is 0.784. The van der Waals surface area contributed by atoms with Gasteiger partial charge in [-0.2, -0.15) is 31.3 Å². The third-order valence-corrected chi connectivity index (χ3v) is 4.72. The van der Waals surface area contributed by atoms with Crippen molar-refractivity contribution in [3.8, 4) is 10.7 Å². The summed E-state index contributed by atoms with van der Waals surface area (Å²) in [5.74, 6) is -1.70. The zero-order valence-electron chi connectivity index (χ0n) is 12.7. The lowest BCUT2D eigenvalue weighted by molar-refractivity contribution is -0.159. The van der Waals surface area contributed by atoms with Gasteiger partial charge in [0.25, 0.3) is 0 Å². The predicted molar refractivity (Wildman–Crippen MR) is 76.2 cm³/mol. The van der Waals surface area contributed by atoms with Crippen LogP contribution in [-0.4, -0.2) is 40.3 Å². The molecule has 1 N–H and O–H groups in total. The van der Waals surface area contributed by atoms with Crippen molar-refractivity contribution in [2.75, 3.05) is 13.1 Å². The van der Waals surface area contributed by atoms with Crippen molar-refractivity contribution < 1.29 is 35.7 Å². The molecule has 0 aliphatic carbocycles. The molecule has 142 valence electrons. The van der Waals surface area contributed by atoms with Gasteiger partial charge in [0.15, 0.2) is 0 Å². The minimum absolute atomic E-state index is 0.0412. The van der Waals surface area contributed by atoms with Crippen molar-refractivity contribution in [3.63, 3.8) is 0 Å². The van der Waals surface area contributed by atoms with E-state index < -0.39 is 30.8 Å². The van der Waals surface area contributed by atoms with Crippen LogP contribution in [0.4, 0.5) is 31.1 Å². The first-order valence-corrected chi connectivity index (χ1v) is 7.97. The number of nitrogens with zero attached hydrogens (tertiary/aromatic N) is 3. The highest BCUT2D eigenvalue weighted by Crippen LogP contribution is 2.35. The van der Waals surface area contributed by atoms with E-state index in [9.17, 15) is 31.1 Å². The van der Waals surface area contributed by atoms with E-state index in [0.29, 0.717) is 16.9 Å². The summed E-state index contributed by atoms with van der Waals surface area (Å²) in [7, 11) is 0. The van der Waals surface area contributed by atoms with E-state index in [2.05, 4.69) is 14.7 Å². The number of halogens is 6. The lowest BCUT2D eigenvalue weighted by Crippen LogP contribution is -2.45. The Morgan fingerprint density at radius 1 is 1.31 bits per heavy atom. The molecule has 1 aliphatic rings. The first-order chi connectivity index (χ1) is 12.0. The second kappa shape index (κ2) is 6.45. The number of amides is 2. The number of carbonyl (C=O) groups is 1. The van der Waals surface area contributed by atoms with Crippen LogP contribution in [0.25, 0.3) is 10.7 Å². The second-order valence-electron chi connectivity index (χ2n) is 5.43. The van der Waals surface area contributed by atoms with Gasteiger partial charge in [-0.3, -0.25) is 0 Å². The highest BCUT2D eigenvalue weighted by atomic mass is 32.1. The summed E-state index contributed by atoms with van der Waals surface area (Å²) >= 11 is 1.15. The third kappa shape index (κ3) is 4.08. The number of hydrogen-bond acceptors (Lipinski definition) is 5. The molecule has 0 radical (unpaired) electrons. The highest BCUT2D eigenvalue weighted by molar-refractivity contribution is 7.15. The second-order valence-corrected chi connectivity index (χ2v) is 6.56. The molecule has 0 atom stereocenters. The summed E-state index contributed by atoms with van der Waals surface area (Å²) in [6.45, 7) is -1.21. The number of hydrogen-bond donors (Lipinski definition) is 1. The molecule has 0 bridgehead atoms. The molecular formula is C13H10F6N4O2S. The summed E-state index contributed by atoms with van der Waals surface area (Å²) in [4.78, 5) is 17.4. The Kier molecular flexibility index (Phi) is 4.58. The molecule has 3 heterocycles. The number of alkyl halides is 6. The molecule has 2 aromatic rings. The van der Waals surface area contributed by atoms with E-state index in [1.165, 1.54) is 11.0 Å². The highest BCUT2D eigenvalue weighted by Gasteiger charge is 2.39. The molecule has 13 heteroatoms. The van der Waals surface area contributed by atoms with Gasteiger partial charge in [-0.15, -0.1) is 11.3 Å². The Morgan fingerprint density at radius 2 is 2.04 bits per heavy atom. The molecule has 2 aromatic heterocycles. The summed E-state index contributed by atoms with van der Waals surface area (Å²) in [6, 6.07) is 0.647. The Morgan fingerprint density at radius 3 is 2.65 bits per heavy atom. The topological polar surface area (TPSA) is 71.3 Å². The standard InChI is InChI=1S/C13H10F6N4O2S/c14-12(15,16)5-20-11(24)23-2-1-7-6(4-23)3-8(26-7)9-21-10(25-22-9)13(17,18)19/h3H,1-2,4-5H2,(H,20,24). The maximum atomic E-state index is 12.5. The van der Waals surface area contributed by atoms with E-state index >= 15 is 0 Å². The number of urea groups is 1. The van der Waals surface area contributed by atoms with Crippen molar-refractivity contribution in [2.45, 2.75) is 25.3 Å². The van der Waals surface area contributed by atoms with Gasteiger partial charge in [-0.25, -0.2) is 4.79 Å². The number of nitrogens with one attached hydrogen (secondary N) is 1. The van der Waals surface area contributed by atoms with Gasteiger partial charge in [-0.05, 0) is 18.1 Å². The van der Waals surface area contributed by atoms with E-state index in [1.54, 1.807) is 5.32 Å². The summed E-state index contributed by atoms with van der Waals surface area (Å²) in [6.07, 6.45) is -8.90. The normalized spacial score (nSPS) is 15.1. The SMILES string of the molecule is O=C(NCC(F)(F)F)N1CCc2sc(-c3noc(C(F)(F)F)n3)cc2C1. The molecule has 0 saturated heterocycles. The Labute approximate surface area is 145 Å². The molecule has 0 spiro atoms. The molecule has 0 fully saturated rings. The molecule has 1 aliphatic heterocycles. The minimum Gasteiger partial charge on any atom is -0.329 e. The van der Waals surface area contributed by atoms with Crippen molar-refractivity contribution in [3.05, 3.63) is 22.4 Å². The van der Waals surface area contributed by atoms with Gasteiger partial charge in [-0.1, -0.05) is 5.16 Å². The van der Waals surface area contributed by atoms with Crippen LogP contribution in [0.15, 0.2) is 10.6 Å². The van der Waals surface area contributed by atoms with Crippen LogP contribution in [0.5, 0.6) is 0 Å². The van der Waals surface area contributed by atoms with Gasteiger partial charge in [0.05, 0.1) is 4.88 Å². The Hall–Kier alpha value is -2.31. The van der Waals surface area contributed by atoms with E-state index in [4.69, 9.17) is 0 Å². The molecule has 0 unspecified atom stereocenters. The number of rotatable bonds is 2. The van der Waals surface area contributed by atoms with Crippen molar-refractivity contribution in [1.82, 2.24) is 20.4 Å². The fourth-order valence-electron chi connectivity index (χ4n) is 2.34. The van der Waals surface area contributed by atoms with Crippen molar-refractivity contribution >= 4 is 17.4 Å². The van der Waals surface area contributed by atoms with Crippen LogP contribution < -0.4 is 5.32 Å². The summed E-state index contributed by atoms with van der Waals surface area (Å²) in [5.41, 5.74) is 0.622. The average Bonchev–Trinajstić information content (AvgIpc) is 3.16. The first-order valence-electron chi connectivity index (χ1n) is 7.15. The minimum atomic E-state index is -4.75. The fraction of sp³-hybridized carbons (Fsp3) is 0.462. The zero-order valence-corrected chi connectivity index (χ0v) is 13.6. The molecule has 26 heavy (non-hydrogen) atoms. The van der Waals surface area contributed by atoms with Gasteiger partial charge in [0.2, 0.25) is 5.82 Å². The van der Waals surface area contributed by atoms with Gasteiger partial charge >= 0.3 is 24.3 Å². The van der Waals surface area contributed by atoms with E-state index in [0.717, 1.165) is 16.2 Å². The monoisotopic (exact) mass is 400 g/mol. The Bertz CT molecular complexity index is 812. The molecule has 0 aromatic carbocycles. The van der Waals surface area contributed by atoms with Gasteiger partial charge < -0.3 is 14.7 Å². The van der Waals surface area contributed by atoms with Gasteiger partial charge in [0.1, 0.15) is 6.54 Å². The number of aromatic nitrogens is 2. The Balaban J connectivity index is 1.71. The van der Waals surface area contributed by atoms with Crippen LogP contribution in [0, 0.1) is 0 Å².